The van der Waals surface area contributed by atoms with Crippen LogP contribution < -0.4 is 4.74 Å². The first kappa shape index (κ1) is 31.5. The second kappa shape index (κ2) is 18.2. The number of unbranched alkanes of at least 4 members (excludes halogenated alkanes) is 14. The average molecular weight is 557 g/mol. The van der Waals surface area contributed by atoms with Gasteiger partial charge in [-0.15, -0.1) is 0 Å². The highest BCUT2D eigenvalue weighted by Gasteiger charge is 2.49. The van der Waals surface area contributed by atoms with E-state index in [1.807, 2.05) is 12.1 Å². The summed E-state index contributed by atoms with van der Waals surface area (Å²) in [5.74, 6) is 0.612. The van der Waals surface area contributed by atoms with Crippen LogP contribution in [0.1, 0.15) is 141 Å². The van der Waals surface area contributed by atoms with Crippen LogP contribution >= 0.6 is 0 Å². The third-order valence-electron chi connectivity index (χ3n) is 8.81. The van der Waals surface area contributed by atoms with E-state index in [1.54, 1.807) is 0 Å². The first-order chi connectivity index (χ1) is 19.7. The van der Waals surface area contributed by atoms with E-state index < -0.39 is 0 Å². The van der Waals surface area contributed by atoms with Crippen LogP contribution in [0.15, 0.2) is 24.3 Å². The van der Waals surface area contributed by atoms with Gasteiger partial charge in [0.1, 0.15) is 5.75 Å². The molecule has 0 aliphatic carbocycles. The molecule has 0 N–H and O–H groups in total. The Kier molecular flexibility index (Phi) is 14.3. The number of hydrogen-bond acceptors (Lipinski definition) is 5. The maximum absolute atomic E-state index is 12.3. The third-order valence-corrected chi connectivity index (χ3v) is 8.81. The van der Waals surface area contributed by atoms with Crippen LogP contribution in [0.25, 0.3) is 0 Å². The van der Waals surface area contributed by atoms with Gasteiger partial charge in [0, 0.05) is 19.3 Å². The van der Waals surface area contributed by atoms with Gasteiger partial charge in [0.2, 0.25) is 0 Å². The quantitative estimate of drug-likeness (QED) is 0.0521. The van der Waals surface area contributed by atoms with Gasteiger partial charge in [0.25, 0.3) is 0 Å². The molecule has 0 spiro atoms. The summed E-state index contributed by atoms with van der Waals surface area (Å²) < 4.78 is 22.6. The van der Waals surface area contributed by atoms with Crippen LogP contribution in [0.4, 0.5) is 0 Å². The van der Waals surface area contributed by atoms with E-state index in [9.17, 15) is 4.79 Å². The minimum absolute atomic E-state index is 0.0905. The van der Waals surface area contributed by atoms with Crippen molar-refractivity contribution in [2.24, 2.45) is 0 Å². The molecule has 3 saturated heterocycles. The van der Waals surface area contributed by atoms with Gasteiger partial charge in [-0.25, -0.2) is 0 Å². The Morgan fingerprint density at radius 1 is 0.750 bits per heavy atom. The van der Waals surface area contributed by atoms with Crippen molar-refractivity contribution in [2.75, 3.05) is 6.61 Å². The predicted octanol–water partition coefficient (Wildman–Crippen LogP) is 8.89. The summed E-state index contributed by atoms with van der Waals surface area (Å²) >= 11 is 0. The van der Waals surface area contributed by atoms with Gasteiger partial charge in [-0.05, 0) is 43.4 Å². The van der Waals surface area contributed by atoms with E-state index >= 15 is 0 Å². The van der Waals surface area contributed by atoms with Gasteiger partial charge in [0.05, 0.1) is 37.1 Å². The molecule has 5 nitrogen and oxygen atoms in total. The topological polar surface area (TPSA) is 63.9 Å². The van der Waals surface area contributed by atoms with E-state index in [4.69, 9.17) is 18.9 Å². The van der Waals surface area contributed by atoms with E-state index in [-0.39, 0.29) is 5.97 Å². The maximum atomic E-state index is 12.3. The van der Waals surface area contributed by atoms with Crippen molar-refractivity contribution in [3.8, 4) is 5.75 Å². The van der Waals surface area contributed by atoms with Crippen LogP contribution in [-0.4, -0.2) is 43.1 Å². The number of aryl methyl sites for hydroxylation is 1. The lowest BCUT2D eigenvalue weighted by atomic mass is 10.0. The molecule has 4 rings (SSSR count). The first-order valence-electron chi connectivity index (χ1n) is 16.9. The van der Waals surface area contributed by atoms with E-state index in [0.29, 0.717) is 42.7 Å². The van der Waals surface area contributed by atoms with E-state index in [2.05, 4.69) is 19.1 Å². The van der Waals surface area contributed by atoms with Crippen molar-refractivity contribution in [1.82, 2.24) is 0 Å². The molecule has 5 unspecified atom stereocenters. The second-order valence-electron chi connectivity index (χ2n) is 12.6. The molecular formula is C35H56O5. The van der Waals surface area contributed by atoms with Crippen molar-refractivity contribution in [3.05, 3.63) is 29.8 Å². The van der Waals surface area contributed by atoms with Crippen molar-refractivity contribution in [2.45, 2.75) is 172 Å². The largest absolute Gasteiger partial charge is 0.427 e. The Morgan fingerprint density at radius 2 is 1.35 bits per heavy atom. The third kappa shape index (κ3) is 13.5. The normalized spacial score (nSPS) is 24.7. The number of carbonyl (C=O) groups excluding carboxylic acids is 1. The number of hydrogen-bond donors (Lipinski definition) is 0. The summed E-state index contributed by atoms with van der Waals surface area (Å²) in [5.41, 5.74) is 1.27. The second-order valence-corrected chi connectivity index (χ2v) is 12.6. The summed E-state index contributed by atoms with van der Waals surface area (Å²) in [4.78, 5) is 12.3. The predicted molar refractivity (Wildman–Crippen MR) is 161 cm³/mol. The molecule has 0 aromatic heterocycles. The molecule has 1 aromatic rings. The van der Waals surface area contributed by atoms with Gasteiger partial charge in [-0.1, -0.05) is 109 Å². The highest BCUT2D eigenvalue weighted by Crippen LogP contribution is 2.40. The molecule has 0 bridgehead atoms. The molecule has 1 aromatic carbocycles. The summed E-state index contributed by atoms with van der Waals surface area (Å²) in [6.07, 6.45) is 27.6. The smallest absolute Gasteiger partial charge is 0.311 e. The minimum atomic E-state index is -0.0905. The lowest BCUT2D eigenvalue weighted by Crippen LogP contribution is -2.07. The Labute approximate surface area is 244 Å². The molecule has 0 amide bonds. The van der Waals surface area contributed by atoms with Gasteiger partial charge in [0.15, 0.2) is 0 Å². The Hall–Kier alpha value is -1.43. The van der Waals surface area contributed by atoms with Crippen LogP contribution in [-0.2, 0) is 25.4 Å². The number of benzene rings is 1. The molecule has 3 fully saturated rings. The fourth-order valence-electron chi connectivity index (χ4n) is 6.01. The zero-order valence-corrected chi connectivity index (χ0v) is 25.3. The van der Waals surface area contributed by atoms with Crippen molar-refractivity contribution in [1.29, 1.82) is 0 Å². The molecule has 226 valence electrons. The van der Waals surface area contributed by atoms with Gasteiger partial charge < -0.3 is 18.9 Å². The lowest BCUT2D eigenvalue weighted by molar-refractivity contribution is -0.134. The average Bonchev–Trinajstić information content (AvgIpc) is 3.86. The number of rotatable bonds is 25. The number of carbonyl (C=O) groups is 1. The van der Waals surface area contributed by atoms with Crippen molar-refractivity contribution in [3.63, 3.8) is 0 Å². The highest BCUT2D eigenvalue weighted by molar-refractivity contribution is 5.72. The molecule has 3 heterocycles. The summed E-state index contributed by atoms with van der Waals surface area (Å²) in [6, 6.07) is 8.12. The van der Waals surface area contributed by atoms with Gasteiger partial charge >= 0.3 is 5.97 Å². The van der Waals surface area contributed by atoms with Crippen molar-refractivity contribution >= 4 is 5.97 Å². The molecule has 5 atom stereocenters. The molecular weight excluding hydrogens is 500 g/mol. The Balaban J connectivity index is 0.928. The number of ether oxygens (including phenoxy) is 4. The fraction of sp³-hybridized carbons (Fsp3) is 0.800. The molecule has 0 saturated carbocycles. The number of esters is 1. The van der Waals surface area contributed by atoms with Crippen LogP contribution in [0.3, 0.4) is 0 Å². The Bertz CT molecular complexity index is 837. The SMILES string of the molecule is CCCCCCCCCCCCCC(=O)Oc1cccc(CCCCCCCC2OC2CC2OC2CC2CO2)c1. The van der Waals surface area contributed by atoms with E-state index in [0.717, 1.165) is 38.7 Å². The molecule has 5 heteroatoms. The zero-order chi connectivity index (χ0) is 27.8. The summed E-state index contributed by atoms with van der Waals surface area (Å²) in [6.45, 7) is 3.20. The highest BCUT2D eigenvalue weighted by atomic mass is 16.6. The van der Waals surface area contributed by atoms with Crippen LogP contribution in [0.2, 0.25) is 0 Å². The minimum Gasteiger partial charge on any atom is -0.427 e. The summed E-state index contributed by atoms with van der Waals surface area (Å²) in [5, 5.41) is 0. The summed E-state index contributed by atoms with van der Waals surface area (Å²) in [7, 11) is 0. The van der Waals surface area contributed by atoms with Crippen LogP contribution in [0.5, 0.6) is 5.75 Å². The van der Waals surface area contributed by atoms with Gasteiger partial charge in [-0.3, -0.25) is 4.79 Å². The zero-order valence-electron chi connectivity index (χ0n) is 25.3. The standard InChI is InChI=1S/C35H56O5/c1-2-3-4-5-6-7-8-9-10-14-17-23-35(36)38-29-21-18-20-28(24-29)19-15-12-11-13-16-22-31-33(39-31)26-34-32(40-34)25-30-27-37-30/h18,20-21,24,30-34H,2-17,19,22-23,25-27H2,1H3. The molecule has 0 radical (unpaired) electrons. The van der Waals surface area contributed by atoms with Gasteiger partial charge in [-0.2, -0.15) is 0 Å². The van der Waals surface area contributed by atoms with Crippen molar-refractivity contribution < 1.29 is 23.7 Å². The van der Waals surface area contributed by atoms with E-state index in [1.165, 1.54) is 102 Å². The molecule has 3 aliphatic heterocycles. The maximum Gasteiger partial charge on any atom is 0.311 e. The Morgan fingerprint density at radius 3 is 2.08 bits per heavy atom. The number of epoxide rings is 3. The lowest BCUT2D eigenvalue weighted by Gasteiger charge is -2.07. The molecule has 40 heavy (non-hydrogen) atoms. The monoisotopic (exact) mass is 556 g/mol. The van der Waals surface area contributed by atoms with Crippen LogP contribution in [0, 0.1) is 0 Å². The first-order valence-corrected chi connectivity index (χ1v) is 16.9. The fourth-order valence-corrected chi connectivity index (χ4v) is 6.01. The molecule has 3 aliphatic rings.